The molecule has 25 heavy (non-hydrogen) atoms. The number of nitrogens with one attached hydrogen (secondary N) is 1. The summed E-state index contributed by atoms with van der Waals surface area (Å²) in [4.78, 5) is 16.5. The summed E-state index contributed by atoms with van der Waals surface area (Å²) in [5.74, 6) is 0.544. The van der Waals surface area contributed by atoms with Gasteiger partial charge in [-0.25, -0.2) is 4.98 Å². The molecule has 0 bridgehead atoms. The van der Waals surface area contributed by atoms with Gasteiger partial charge in [0.2, 0.25) is 0 Å². The van der Waals surface area contributed by atoms with Crippen molar-refractivity contribution in [3.63, 3.8) is 0 Å². The molecule has 0 unspecified atom stereocenters. The fourth-order valence-corrected chi connectivity index (χ4v) is 3.33. The third-order valence-corrected chi connectivity index (χ3v) is 4.90. The fourth-order valence-electron chi connectivity index (χ4n) is 2.42. The Balaban J connectivity index is 1.49. The number of thiazole rings is 1. The van der Waals surface area contributed by atoms with Crippen LogP contribution in [0.4, 0.5) is 0 Å². The van der Waals surface area contributed by atoms with Crippen molar-refractivity contribution in [1.29, 1.82) is 0 Å². The van der Waals surface area contributed by atoms with E-state index in [-0.39, 0.29) is 17.9 Å². The van der Waals surface area contributed by atoms with Crippen LogP contribution in [0.2, 0.25) is 0 Å². The number of ether oxygens (including phenoxy) is 1. The number of aromatic nitrogens is 1. The number of amides is 1. The smallest absolute Gasteiger partial charge is 0.258 e. The highest BCUT2D eigenvalue weighted by molar-refractivity contribution is 7.18. The van der Waals surface area contributed by atoms with Crippen molar-refractivity contribution in [1.82, 2.24) is 10.3 Å². The SMILES string of the molecule is CC(C)(C)c1ccc(OCC(=O)NCc2nc3ccccc3s2)cc1. The molecule has 0 atom stereocenters. The number of hydrogen-bond acceptors (Lipinski definition) is 4. The number of nitrogens with zero attached hydrogens (tertiary/aromatic N) is 1. The highest BCUT2D eigenvalue weighted by Crippen LogP contribution is 2.24. The molecule has 1 heterocycles. The lowest BCUT2D eigenvalue weighted by Gasteiger charge is -2.19. The topological polar surface area (TPSA) is 51.2 Å². The van der Waals surface area contributed by atoms with Gasteiger partial charge in [-0.05, 0) is 35.2 Å². The van der Waals surface area contributed by atoms with Crippen LogP contribution in [0.15, 0.2) is 48.5 Å². The lowest BCUT2D eigenvalue weighted by Crippen LogP contribution is -2.28. The van der Waals surface area contributed by atoms with Crippen molar-refractivity contribution in [3.05, 3.63) is 59.1 Å². The van der Waals surface area contributed by atoms with Crippen LogP contribution < -0.4 is 10.1 Å². The first-order valence-electron chi connectivity index (χ1n) is 8.26. The van der Waals surface area contributed by atoms with E-state index in [1.54, 1.807) is 11.3 Å². The minimum absolute atomic E-state index is 0.000238. The van der Waals surface area contributed by atoms with E-state index in [4.69, 9.17) is 4.74 Å². The van der Waals surface area contributed by atoms with Gasteiger partial charge < -0.3 is 10.1 Å². The maximum Gasteiger partial charge on any atom is 0.258 e. The predicted octanol–water partition coefficient (Wildman–Crippen LogP) is 4.29. The minimum atomic E-state index is -0.154. The van der Waals surface area contributed by atoms with Crippen LogP contribution in [-0.2, 0) is 16.8 Å². The summed E-state index contributed by atoms with van der Waals surface area (Å²) in [5, 5.41) is 3.74. The first kappa shape index (κ1) is 17.4. The molecule has 0 saturated carbocycles. The normalized spacial score (nSPS) is 11.5. The number of fused-ring (bicyclic) bond motifs is 1. The van der Waals surface area contributed by atoms with Crippen LogP contribution in [0, 0.1) is 0 Å². The van der Waals surface area contributed by atoms with Crippen molar-refractivity contribution < 1.29 is 9.53 Å². The fraction of sp³-hybridized carbons (Fsp3) is 0.300. The van der Waals surface area contributed by atoms with Crippen LogP contribution in [-0.4, -0.2) is 17.5 Å². The van der Waals surface area contributed by atoms with E-state index in [2.05, 4.69) is 31.1 Å². The summed E-state index contributed by atoms with van der Waals surface area (Å²) in [7, 11) is 0. The predicted molar refractivity (Wildman–Crippen MR) is 102 cm³/mol. The van der Waals surface area contributed by atoms with E-state index in [1.165, 1.54) is 5.56 Å². The second-order valence-corrected chi connectivity index (χ2v) is 8.03. The van der Waals surface area contributed by atoms with E-state index in [1.807, 2.05) is 48.5 Å². The zero-order valence-electron chi connectivity index (χ0n) is 14.7. The van der Waals surface area contributed by atoms with Crippen molar-refractivity contribution in [2.45, 2.75) is 32.7 Å². The molecule has 0 radical (unpaired) electrons. The molecule has 0 aliphatic carbocycles. The van der Waals surface area contributed by atoms with Gasteiger partial charge in [-0.1, -0.05) is 45.0 Å². The average Bonchev–Trinajstić information content (AvgIpc) is 3.00. The molecule has 0 saturated heterocycles. The van der Waals surface area contributed by atoms with E-state index >= 15 is 0 Å². The quantitative estimate of drug-likeness (QED) is 0.744. The first-order valence-corrected chi connectivity index (χ1v) is 9.08. The summed E-state index contributed by atoms with van der Waals surface area (Å²) in [6.07, 6.45) is 0. The molecular weight excluding hydrogens is 332 g/mol. The average molecular weight is 354 g/mol. The second kappa shape index (κ2) is 7.23. The van der Waals surface area contributed by atoms with Gasteiger partial charge in [0, 0.05) is 0 Å². The molecular formula is C20H22N2O2S. The van der Waals surface area contributed by atoms with Gasteiger partial charge in [-0.2, -0.15) is 0 Å². The molecule has 4 nitrogen and oxygen atoms in total. The third-order valence-electron chi connectivity index (χ3n) is 3.87. The number of hydrogen-bond donors (Lipinski definition) is 1. The summed E-state index contributed by atoms with van der Waals surface area (Å²) in [6.45, 7) is 6.92. The van der Waals surface area contributed by atoms with Gasteiger partial charge in [0.05, 0.1) is 16.8 Å². The summed E-state index contributed by atoms with van der Waals surface area (Å²) >= 11 is 1.59. The third kappa shape index (κ3) is 4.57. The number of carbonyl (C=O) groups is 1. The molecule has 3 aromatic rings. The number of rotatable bonds is 5. The van der Waals surface area contributed by atoms with Crippen LogP contribution in [0.1, 0.15) is 31.3 Å². The number of benzene rings is 2. The van der Waals surface area contributed by atoms with Crippen molar-refractivity contribution in [3.8, 4) is 5.75 Å². The lowest BCUT2D eigenvalue weighted by atomic mass is 9.87. The molecule has 3 rings (SSSR count). The maximum atomic E-state index is 12.0. The van der Waals surface area contributed by atoms with Gasteiger partial charge in [-0.15, -0.1) is 11.3 Å². The van der Waals surface area contributed by atoms with Crippen LogP contribution in [0.25, 0.3) is 10.2 Å². The molecule has 1 N–H and O–H groups in total. The van der Waals surface area contributed by atoms with Crippen LogP contribution in [0.3, 0.4) is 0 Å². The molecule has 0 aliphatic rings. The minimum Gasteiger partial charge on any atom is -0.484 e. The Labute approximate surface area is 151 Å². The van der Waals surface area contributed by atoms with Crippen molar-refractivity contribution in [2.24, 2.45) is 0 Å². The van der Waals surface area contributed by atoms with Gasteiger partial charge in [0.1, 0.15) is 10.8 Å². The molecule has 0 aliphatic heterocycles. The van der Waals surface area contributed by atoms with Gasteiger partial charge in [0.15, 0.2) is 6.61 Å². The van der Waals surface area contributed by atoms with E-state index in [0.29, 0.717) is 12.3 Å². The Bertz CT molecular complexity index is 830. The van der Waals surface area contributed by atoms with Crippen LogP contribution >= 0.6 is 11.3 Å². The Kier molecular flexibility index (Phi) is 5.04. The molecule has 0 spiro atoms. The van der Waals surface area contributed by atoms with Gasteiger partial charge >= 0.3 is 0 Å². The number of para-hydroxylation sites is 1. The monoisotopic (exact) mass is 354 g/mol. The van der Waals surface area contributed by atoms with Crippen molar-refractivity contribution >= 4 is 27.5 Å². The molecule has 0 fully saturated rings. The molecule has 130 valence electrons. The second-order valence-electron chi connectivity index (χ2n) is 6.92. The molecule has 1 aromatic heterocycles. The van der Waals surface area contributed by atoms with Crippen molar-refractivity contribution in [2.75, 3.05) is 6.61 Å². The first-order chi connectivity index (χ1) is 11.9. The summed E-state index contributed by atoms with van der Waals surface area (Å²) in [6, 6.07) is 15.8. The summed E-state index contributed by atoms with van der Waals surface area (Å²) < 4.78 is 6.68. The highest BCUT2D eigenvalue weighted by atomic mass is 32.1. The largest absolute Gasteiger partial charge is 0.484 e. The number of carbonyl (C=O) groups excluding carboxylic acids is 1. The Morgan fingerprint density at radius 3 is 2.52 bits per heavy atom. The molecule has 1 amide bonds. The molecule has 5 heteroatoms. The Morgan fingerprint density at radius 2 is 1.84 bits per heavy atom. The van der Waals surface area contributed by atoms with Crippen LogP contribution in [0.5, 0.6) is 5.75 Å². The Morgan fingerprint density at radius 1 is 1.12 bits per heavy atom. The van der Waals surface area contributed by atoms with E-state index < -0.39 is 0 Å². The highest BCUT2D eigenvalue weighted by Gasteiger charge is 2.13. The van der Waals surface area contributed by atoms with E-state index in [0.717, 1.165) is 15.2 Å². The molecule has 2 aromatic carbocycles. The Hall–Kier alpha value is -2.40. The lowest BCUT2D eigenvalue weighted by molar-refractivity contribution is -0.123. The zero-order valence-corrected chi connectivity index (χ0v) is 15.5. The maximum absolute atomic E-state index is 12.0. The van der Waals surface area contributed by atoms with Gasteiger partial charge in [0.25, 0.3) is 5.91 Å². The zero-order chi connectivity index (χ0) is 17.9. The van der Waals surface area contributed by atoms with Gasteiger partial charge in [-0.3, -0.25) is 4.79 Å². The standard InChI is InChI=1S/C20H22N2O2S/c1-20(2,3)14-8-10-15(11-9-14)24-13-18(23)21-12-19-22-16-6-4-5-7-17(16)25-19/h4-11H,12-13H2,1-3H3,(H,21,23). The summed E-state index contributed by atoms with van der Waals surface area (Å²) in [5.41, 5.74) is 2.31. The van der Waals surface area contributed by atoms with E-state index in [9.17, 15) is 4.79 Å².